The van der Waals surface area contributed by atoms with Gasteiger partial charge in [0.15, 0.2) is 0 Å². The molecule has 66 valence electrons. The number of nitrogens with zero attached hydrogens (tertiary/aromatic N) is 1. The maximum atomic E-state index is 10.8. The smallest absolute Gasteiger partial charge is 0.219 e. The van der Waals surface area contributed by atoms with E-state index in [1.165, 1.54) is 0 Å². The Kier molecular flexibility index (Phi) is 4.86. The van der Waals surface area contributed by atoms with Crippen LogP contribution in [0.1, 0.15) is 20.3 Å². The quantitative estimate of drug-likeness (QED) is 0.644. The molecule has 0 rings (SSSR count). The van der Waals surface area contributed by atoms with Gasteiger partial charge in [-0.15, -0.1) is 0 Å². The van der Waals surface area contributed by atoms with Crippen LogP contribution in [-0.4, -0.2) is 37.5 Å². The first-order valence-electron chi connectivity index (χ1n) is 3.97. The Morgan fingerprint density at radius 1 is 1.64 bits per heavy atom. The summed E-state index contributed by atoms with van der Waals surface area (Å²) in [7, 11) is 3.75. The van der Waals surface area contributed by atoms with Gasteiger partial charge < -0.3 is 10.2 Å². The molecule has 0 saturated heterocycles. The molecule has 3 heteroatoms. The lowest BCUT2D eigenvalue weighted by atomic mass is 10.2. The van der Waals surface area contributed by atoms with Gasteiger partial charge in [-0.3, -0.25) is 4.79 Å². The van der Waals surface area contributed by atoms with Crippen molar-refractivity contribution < 1.29 is 4.79 Å². The third-order valence-corrected chi connectivity index (χ3v) is 1.93. The molecule has 3 nitrogen and oxygen atoms in total. The predicted octanol–water partition coefficient (Wildman–Crippen LogP) is 0.463. The molecule has 0 bridgehead atoms. The normalized spacial score (nSPS) is 12.7. The van der Waals surface area contributed by atoms with Gasteiger partial charge in [0.05, 0.1) is 0 Å². The summed E-state index contributed by atoms with van der Waals surface area (Å²) in [5.41, 5.74) is 0. The molecule has 0 aromatic heterocycles. The van der Waals surface area contributed by atoms with Crippen molar-refractivity contribution in [1.82, 2.24) is 10.2 Å². The maximum absolute atomic E-state index is 10.8. The minimum absolute atomic E-state index is 0.133. The lowest BCUT2D eigenvalue weighted by molar-refractivity contribution is -0.127. The largest absolute Gasteiger partial charge is 0.346 e. The van der Waals surface area contributed by atoms with Crippen LogP contribution in [0.3, 0.4) is 0 Å². The highest BCUT2D eigenvalue weighted by atomic mass is 16.2. The zero-order valence-electron chi connectivity index (χ0n) is 7.85. The summed E-state index contributed by atoms with van der Waals surface area (Å²) >= 11 is 0. The maximum Gasteiger partial charge on any atom is 0.219 e. The van der Waals surface area contributed by atoms with E-state index >= 15 is 0 Å². The molecule has 0 aliphatic heterocycles. The second kappa shape index (κ2) is 5.13. The average molecular weight is 158 g/mol. The monoisotopic (exact) mass is 158 g/mol. The minimum Gasteiger partial charge on any atom is -0.346 e. The van der Waals surface area contributed by atoms with E-state index in [1.54, 1.807) is 11.8 Å². The first-order chi connectivity index (χ1) is 5.07. The summed E-state index contributed by atoms with van der Waals surface area (Å²) in [5, 5.41) is 3.12. The number of nitrogens with one attached hydrogen (secondary N) is 1. The van der Waals surface area contributed by atoms with E-state index in [-0.39, 0.29) is 5.91 Å². The van der Waals surface area contributed by atoms with Crippen LogP contribution in [0.15, 0.2) is 0 Å². The number of amides is 1. The van der Waals surface area contributed by atoms with Gasteiger partial charge in [-0.25, -0.2) is 0 Å². The fourth-order valence-corrected chi connectivity index (χ4v) is 0.689. The van der Waals surface area contributed by atoms with Gasteiger partial charge in [0, 0.05) is 26.6 Å². The predicted molar refractivity (Wildman–Crippen MR) is 46.4 cm³/mol. The highest BCUT2D eigenvalue weighted by molar-refractivity contribution is 5.72. The van der Waals surface area contributed by atoms with E-state index in [4.69, 9.17) is 0 Å². The van der Waals surface area contributed by atoms with Gasteiger partial charge in [0.25, 0.3) is 0 Å². The molecule has 1 atom stereocenters. The number of hydrogen-bond acceptors (Lipinski definition) is 2. The summed E-state index contributed by atoms with van der Waals surface area (Å²) in [6.45, 7) is 4.52. The summed E-state index contributed by atoms with van der Waals surface area (Å²) in [5.74, 6) is 0.133. The Morgan fingerprint density at radius 3 is 2.55 bits per heavy atom. The van der Waals surface area contributed by atoms with Crippen molar-refractivity contribution in [3.05, 3.63) is 0 Å². The van der Waals surface area contributed by atoms with Gasteiger partial charge in [0.2, 0.25) is 5.91 Å². The molecule has 1 amide bonds. The Bertz CT molecular complexity index is 125. The van der Waals surface area contributed by atoms with E-state index in [0.29, 0.717) is 6.04 Å². The van der Waals surface area contributed by atoms with E-state index in [0.717, 1.165) is 13.0 Å². The van der Waals surface area contributed by atoms with E-state index in [2.05, 4.69) is 12.2 Å². The fraction of sp³-hybridized carbons (Fsp3) is 0.875. The summed E-state index contributed by atoms with van der Waals surface area (Å²) in [4.78, 5) is 12.5. The molecule has 11 heavy (non-hydrogen) atoms. The molecule has 0 aliphatic carbocycles. The van der Waals surface area contributed by atoms with E-state index in [1.807, 2.05) is 14.1 Å². The SMILES string of the molecule is CNC(C)CCN(C)C(C)=O. The Morgan fingerprint density at radius 2 is 2.18 bits per heavy atom. The zero-order valence-corrected chi connectivity index (χ0v) is 7.85. The molecule has 0 aromatic rings. The number of carbonyl (C=O) groups excluding carboxylic acids is 1. The summed E-state index contributed by atoms with van der Waals surface area (Å²) in [6.07, 6.45) is 1.01. The Hall–Kier alpha value is -0.570. The summed E-state index contributed by atoms with van der Waals surface area (Å²) < 4.78 is 0. The van der Waals surface area contributed by atoms with Crippen LogP contribution in [-0.2, 0) is 4.79 Å². The van der Waals surface area contributed by atoms with Crippen LogP contribution < -0.4 is 5.32 Å². The van der Waals surface area contributed by atoms with E-state index < -0.39 is 0 Å². The Balaban J connectivity index is 3.45. The van der Waals surface area contributed by atoms with Gasteiger partial charge in [-0.05, 0) is 20.4 Å². The first kappa shape index (κ1) is 10.4. The molecule has 0 aromatic carbocycles. The second-order valence-corrected chi connectivity index (χ2v) is 2.92. The molecule has 0 radical (unpaired) electrons. The topological polar surface area (TPSA) is 32.3 Å². The third-order valence-electron chi connectivity index (χ3n) is 1.93. The molecule has 0 heterocycles. The molecule has 1 unspecified atom stereocenters. The molecule has 0 fully saturated rings. The molecule has 1 N–H and O–H groups in total. The number of rotatable bonds is 4. The van der Waals surface area contributed by atoms with Gasteiger partial charge in [-0.2, -0.15) is 0 Å². The second-order valence-electron chi connectivity index (χ2n) is 2.92. The zero-order chi connectivity index (χ0) is 8.85. The fourth-order valence-electron chi connectivity index (χ4n) is 0.689. The third kappa shape index (κ3) is 4.79. The van der Waals surface area contributed by atoms with Crippen molar-refractivity contribution in [3.8, 4) is 0 Å². The van der Waals surface area contributed by atoms with Crippen molar-refractivity contribution >= 4 is 5.91 Å². The first-order valence-corrected chi connectivity index (χ1v) is 3.97. The number of carbonyl (C=O) groups is 1. The van der Waals surface area contributed by atoms with Crippen molar-refractivity contribution in [1.29, 1.82) is 0 Å². The van der Waals surface area contributed by atoms with Crippen LogP contribution in [0.5, 0.6) is 0 Å². The molecular weight excluding hydrogens is 140 g/mol. The lowest BCUT2D eigenvalue weighted by Gasteiger charge is -2.17. The number of hydrogen-bond donors (Lipinski definition) is 1. The Labute approximate surface area is 68.8 Å². The van der Waals surface area contributed by atoms with Gasteiger partial charge in [-0.1, -0.05) is 0 Å². The molecule has 0 saturated carbocycles. The standard InChI is InChI=1S/C8H18N2O/c1-7(9-3)5-6-10(4)8(2)11/h7,9H,5-6H2,1-4H3. The van der Waals surface area contributed by atoms with Crippen molar-refractivity contribution in [2.75, 3.05) is 20.6 Å². The van der Waals surface area contributed by atoms with Crippen molar-refractivity contribution in [2.24, 2.45) is 0 Å². The highest BCUT2D eigenvalue weighted by Gasteiger charge is 2.03. The van der Waals surface area contributed by atoms with Crippen LogP contribution in [0.25, 0.3) is 0 Å². The lowest BCUT2D eigenvalue weighted by Crippen LogP contribution is -2.30. The molecule has 0 aliphatic rings. The molecular formula is C8H18N2O. The minimum atomic E-state index is 0.133. The average Bonchev–Trinajstić information content (AvgIpc) is 1.99. The van der Waals surface area contributed by atoms with Crippen molar-refractivity contribution in [3.63, 3.8) is 0 Å². The highest BCUT2D eigenvalue weighted by Crippen LogP contribution is 1.92. The van der Waals surface area contributed by atoms with Crippen molar-refractivity contribution in [2.45, 2.75) is 26.3 Å². The van der Waals surface area contributed by atoms with Crippen LogP contribution in [0, 0.1) is 0 Å². The van der Waals surface area contributed by atoms with Crippen LogP contribution >= 0.6 is 0 Å². The van der Waals surface area contributed by atoms with Crippen LogP contribution in [0.4, 0.5) is 0 Å². The molecule has 0 spiro atoms. The summed E-state index contributed by atoms with van der Waals surface area (Å²) in [6, 6.07) is 0.483. The van der Waals surface area contributed by atoms with E-state index in [9.17, 15) is 4.79 Å². The van der Waals surface area contributed by atoms with Crippen LogP contribution in [0.2, 0.25) is 0 Å². The van der Waals surface area contributed by atoms with Gasteiger partial charge in [0.1, 0.15) is 0 Å². The van der Waals surface area contributed by atoms with Gasteiger partial charge >= 0.3 is 0 Å².